The second-order valence-corrected chi connectivity index (χ2v) is 1.59. The summed E-state index contributed by atoms with van der Waals surface area (Å²) in [4.78, 5) is 3.54. The maximum atomic E-state index is 12.8. The average Bonchev–Trinajstić information content (AvgIpc) is 2.08. The number of aromatic nitrogens is 1. The normalized spacial score (nSPS) is 14.2. The molecule has 0 N–H and O–H groups in total. The summed E-state index contributed by atoms with van der Waals surface area (Å²) in [6, 6.07) is -0.752. The van der Waals surface area contributed by atoms with Crippen molar-refractivity contribution in [2.75, 3.05) is 0 Å². The number of pyridine rings is 1. The maximum Gasteiger partial charge on any atom is 0.141 e. The van der Waals surface area contributed by atoms with Crippen LogP contribution in [0.2, 0.25) is 0 Å². The molecule has 0 bridgehead atoms. The Labute approximate surface area is 57.8 Å². The molecule has 0 spiro atoms. The van der Waals surface area contributed by atoms with Gasteiger partial charge in [0.15, 0.2) is 0 Å². The van der Waals surface area contributed by atoms with Gasteiger partial charge in [-0.2, -0.15) is 0 Å². The Bertz CT molecular complexity index is 314. The number of nitrogens with zero attached hydrogens (tertiary/aromatic N) is 1. The molecule has 0 saturated heterocycles. The van der Waals surface area contributed by atoms with Crippen molar-refractivity contribution >= 4 is 0 Å². The lowest BCUT2D eigenvalue weighted by molar-refractivity contribution is 0.619. The van der Waals surface area contributed by atoms with E-state index in [1.165, 1.54) is 0 Å². The first-order valence-corrected chi connectivity index (χ1v) is 2.70. The predicted octanol–water partition coefficient (Wildman–Crippen LogP) is 1.78. The molecule has 0 aliphatic rings. The largest absolute Gasteiger partial charge is 0.258 e. The van der Waals surface area contributed by atoms with Gasteiger partial charge in [-0.05, 0) is 18.5 Å². The van der Waals surface area contributed by atoms with E-state index in [2.05, 4.69) is 4.98 Å². The third-order valence-corrected chi connectivity index (χ3v) is 0.940. The maximum absolute atomic E-state index is 12.8. The Hall–Kier alpha value is -0.920. The van der Waals surface area contributed by atoms with E-state index < -0.39 is 18.0 Å². The van der Waals surface area contributed by atoms with Gasteiger partial charge in [-0.3, -0.25) is 4.98 Å². The van der Waals surface area contributed by atoms with Crippen LogP contribution in [-0.4, -0.2) is 4.98 Å². The molecule has 9 heavy (non-hydrogen) atoms. The number of halogens is 1. The van der Waals surface area contributed by atoms with Crippen LogP contribution < -0.4 is 0 Å². The fourth-order valence-electron chi connectivity index (χ4n) is 0.467. The molecule has 0 aliphatic heterocycles. The van der Waals surface area contributed by atoms with Gasteiger partial charge in [0.1, 0.15) is 5.82 Å². The number of aryl methyl sites for hydroxylation is 1. The number of hydrogen-bond acceptors (Lipinski definition) is 1. The highest BCUT2D eigenvalue weighted by molar-refractivity contribution is 5.04. The summed E-state index contributed by atoms with van der Waals surface area (Å²) in [6.07, 6.45) is -0.107. The Morgan fingerprint density at radius 2 is 2.56 bits per heavy atom. The fraction of sp³-hybridized carbons (Fsp3) is 0.286. The molecule has 0 radical (unpaired) electrons. The van der Waals surface area contributed by atoms with Crippen molar-refractivity contribution in [1.29, 1.82) is 0 Å². The van der Waals surface area contributed by atoms with E-state index in [-0.39, 0.29) is 6.04 Å². The molecule has 1 aromatic rings. The summed E-state index contributed by atoms with van der Waals surface area (Å²) >= 11 is 0. The van der Waals surface area contributed by atoms with E-state index in [1.807, 2.05) is 0 Å². The van der Waals surface area contributed by atoms with Crippen molar-refractivity contribution in [3.63, 3.8) is 0 Å². The van der Waals surface area contributed by atoms with Gasteiger partial charge in [-0.1, -0.05) is 6.92 Å². The van der Waals surface area contributed by atoms with Gasteiger partial charge in [0, 0.05) is 5.69 Å². The predicted molar refractivity (Wildman–Crippen MR) is 33.6 cm³/mol. The summed E-state index contributed by atoms with van der Waals surface area (Å²) in [7, 11) is 0. The first kappa shape index (κ1) is 3.30. The molecule has 0 aliphatic carbocycles. The van der Waals surface area contributed by atoms with Crippen LogP contribution in [0.25, 0.3) is 0 Å². The minimum Gasteiger partial charge on any atom is -0.258 e. The summed E-state index contributed by atoms with van der Waals surface area (Å²) in [5, 5.41) is 0. The summed E-state index contributed by atoms with van der Waals surface area (Å²) in [5.74, 6) is -1.02. The van der Waals surface area contributed by atoms with Gasteiger partial charge in [0.2, 0.25) is 0 Å². The monoisotopic (exact) mass is 128 g/mol. The summed E-state index contributed by atoms with van der Waals surface area (Å²) in [5.41, 5.74) is 0.298. The van der Waals surface area contributed by atoms with E-state index in [1.54, 1.807) is 6.92 Å². The molecule has 1 rings (SSSR count). The number of rotatable bonds is 1. The second kappa shape index (κ2) is 2.58. The molecular weight excluding hydrogens is 117 g/mol. The van der Waals surface area contributed by atoms with Crippen molar-refractivity contribution in [2.24, 2.45) is 0 Å². The smallest absolute Gasteiger partial charge is 0.141 e. The molecule has 0 unspecified atom stereocenters. The Kier molecular flexibility index (Phi) is 0.944. The zero-order valence-electron chi connectivity index (χ0n) is 8.03. The van der Waals surface area contributed by atoms with E-state index >= 15 is 0 Å². The van der Waals surface area contributed by atoms with Gasteiger partial charge >= 0.3 is 0 Å². The van der Waals surface area contributed by atoms with Crippen LogP contribution in [0.15, 0.2) is 18.3 Å². The molecule has 0 atom stereocenters. The van der Waals surface area contributed by atoms with E-state index in [4.69, 9.17) is 4.11 Å². The summed E-state index contributed by atoms with van der Waals surface area (Å²) < 4.78 is 34.1. The second-order valence-electron chi connectivity index (χ2n) is 1.59. The molecule has 1 heterocycles. The Morgan fingerprint density at radius 3 is 3.22 bits per heavy atom. The van der Waals surface area contributed by atoms with Crippen molar-refractivity contribution in [3.8, 4) is 0 Å². The lowest BCUT2D eigenvalue weighted by Crippen LogP contribution is -1.85. The zero-order valence-corrected chi connectivity index (χ0v) is 5.03. The molecule has 2 heteroatoms. The first-order valence-electron chi connectivity index (χ1n) is 4.20. The Balaban J connectivity index is 3.39. The lowest BCUT2D eigenvalue weighted by atomic mass is 10.3. The highest BCUT2D eigenvalue weighted by Crippen LogP contribution is 1.97. The average molecular weight is 128 g/mol. The van der Waals surface area contributed by atoms with Crippen LogP contribution in [0.4, 0.5) is 4.39 Å². The van der Waals surface area contributed by atoms with Gasteiger partial charge < -0.3 is 0 Å². The minimum absolute atomic E-state index is 0.217. The molecule has 0 amide bonds. The van der Waals surface area contributed by atoms with E-state index in [9.17, 15) is 4.39 Å². The lowest BCUT2D eigenvalue weighted by Gasteiger charge is -1.91. The highest BCUT2D eigenvalue weighted by atomic mass is 19.1. The zero-order chi connectivity index (χ0) is 9.30. The van der Waals surface area contributed by atoms with Gasteiger partial charge in [-0.15, -0.1) is 0 Å². The molecule has 1 nitrogen and oxygen atoms in total. The topological polar surface area (TPSA) is 12.9 Å². The van der Waals surface area contributed by atoms with Crippen LogP contribution in [0.1, 0.15) is 16.7 Å². The third-order valence-electron chi connectivity index (χ3n) is 0.940. The van der Waals surface area contributed by atoms with Crippen LogP contribution in [0.5, 0.6) is 0 Å². The van der Waals surface area contributed by atoms with Gasteiger partial charge in [-0.25, -0.2) is 4.39 Å². The van der Waals surface area contributed by atoms with Gasteiger partial charge in [0.25, 0.3) is 0 Å². The van der Waals surface area contributed by atoms with Crippen LogP contribution in [0, 0.1) is 5.82 Å². The van der Waals surface area contributed by atoms with Crippen LogP contribution in [0.3, 0.4) is 0 Å². The molecule has 0 fully saturated rings. The molecule has 1 aromatic heterocycles. The SMILES string of the molecule is [2H]c1nc(CC)c([2H])c([2H])c1F. The molecule has 0 aromatic carbocycles. The quantitative estimate of drug-likeness (QED) is 0.561. The van der Waals surface area contributed by atoms with E-state index in [0.29, 0.717) is 12.1 Å². The standard InChI is InChI=1S/C7H8FN/c1-2-7-4-3-6(8)5-9-7/h3-5H,2H2,1H3/i3D,4D,5D. The molecule has 0 saturated carbocycles. The van der Waals surface area contributed by atoms with E-state index in [0.717, 1.165) is 0 Å². The Morgan fingerprint density at radius 1 is 1.78 bits per heavy atom. The van der Waals surface area contributed by atoms with Crippen molar-refractivity contribution in [3.05, 3.63) is 29.8 Å². The van der Waals surface area contributed by atoms with Crippen molar-refractivity contribution < 1.29 is 8.50 Å². The third kappa shape index (κ3) is 1.49. The fourth-order valence-corrected chi connectivity index (χ4v) is 0.467. The molecular formula is C7H8FN. The minimum atomic E-state index is -1.02. The summed E-state index contributed by atoms with van der Waals surface area (Å²) in [6.45, 7) is 1.75. The molecule has 48 valence electrons. The number of hydrogen-bond donors (Lipinski definition) is 0. The highest BCUT2D eigenvalue weighted by Gasteiger charge is 1.89. The van der Waals surface area contributed by atoms with Crippen molar-refractivity contribution in [1.82, 2.24) is 4.98 Å². The van der Waals surface area contributed by atoms with Crippen LogP contribution >= 0.6 is 0 Å². The van der Waals surface area contributed by atoms with Crippen LogP contribution in [-0.2, 0) is 6.42 Å². The first-order chi connectivity index (χ1) is 5.57. The van der Waals surface area contributed by atoms with Gasteiger partial charge in [0.05, 0.1) is 10.3 Å². The van der Waals surface area contributed by atoms with Crippen molar-refractivity contribution in [2.45, 2.75) is 13.3 Å².